The quantitative estimate of drug-likeness (QED) is 0.168. The van der Waals surface area contributed by atoms with Gasteiger partial charge in [0.15, 0.2) is 23.3 Å². The third kappa shape index (κ3) is 5.39. The topological polar surface area (TPSA) is 66.3 Å². The largest absolute Gasteiger partial charge is 0.307 e. The number of aryl methyl sites for hydroxylation is 1. The van der Waals surface area contributed by atoms with Gasteiger partial charge in [-0.25, -0.2) is 19.9 Å². The average Bonchev–Trinajstić information content (AvgIpc) is 4.00. The van der Waals surface area contributed by atoms with Crippen LogP contribution in [0.15, 0.2) is 194 Å². The van der Waals surface area contributed by atoms with Crippen molar-refractivity contribution in [2.24, 2.45) is 0 Å². The van der Waals surface area contributed by atoms with Gasteiger partial charge in [0.25, 0.3) is 0 Å². The molecule has 0 amide bonds. The number of para-hydroxylation sites is 5. The summed E-state index contributed by atoms with van der Waals surface area (Å²) in [7, 11) is 0. The van der Waals surface area contributed by atoms with Crippen LogP contribution in [0.5, 0.6) is 0 Å². The summed E-state index contributed by atoms with van der Waals surface area (Å²) in [5.41, 5.74) is 12.2. The average molecular weight is 808 g/mol. The lowest BCUT2D eigenvalue weighted by Crippen LogP contribution is -2.13. The monoisotopic (exact) mass is 807 g/mol. The van der Waals surface area contributed by atoms with E-state index in [1.165, 1.54) is 10.9 Å². The minimum atomic E-state index is 0.547. The van der Waals surface area contributed by atoms with Gasteiger partial charge in [-0.2, -0.15) is 0 Å². The highest BCUT2D eigenvalue weighted by molar-refractivity contribution is 6.12. The third-order valence-electron chi connectivity index (χ3n) is 12.6. The fraction of sp³-hybridized carbons (Fsp3) is 0.0357. The van der Waals surface area contributed by atoms with Gasteiger partial charge in [0.2, 0.25) is 0 Å². The Hall–Kier alpha value is -8.42. The Bertz CT molecular complexity index is 3630. The van der Waals surface area contributed by atoms with Gasteiger partial charge in [0.05, 0.1) is 45.0 Å². The molecule has 7 nitrogen and oxygen atoms in total. The van der Waals surface area contributed by atoms with Crippen LogP contribution in [0.4, 0.5) is 0 Å². The van der Waals surface area contributed by atoms with Gasteiger partial charge in [-0.3, -0.25) is 4.57 Å². The van der Waals surface area contributed by atoms with E-state index in [4.69, 9.17) is 19.9 Å². The van der Waals surface area contributed by atoms with Crippen LogP contribution in [-0.4, -0.2) is 33.6 Å². The van der Waals surface area contributed by atoms with Crippen LogP contribution in [0.1, 0.15) is 17.7 Å². The van der Waals surface area contributed by atoms with Crippen LogP contribution >= 0.6 is 0 Å². The van der Waals surface area contributed by atoms with E-state index in [1.807, 2.05) is 36.4 Å². The van der Waals surface area contributed by atoms with Crippen LogP contribution < -0.4 is 0 Å². The van der Waals surface area contributed by atoms with Gasteiger partial charge in [0, 0.05) is 43.8 Å². The molecule has 0 aliphatic heterocycles. The molecule has 7 heteroatoms. The predicted octanol–water partition coefficient (Wildman–Crippen LogP) is 13.4. The molecular weight excluding hydrogens is 771 g/mol. The Labute approximate surface area is 362 Å². The summed E-state index contributed by atoms with van der Waals surface area (Å²) in [6, 6.07) is 63.8. The van der Waals surface area contributed by atoms with E-state index >= 15 is 0 Å². The van der Waals surface area contributed by atoms with Crippen molar-refractivity contribution < 1.29 is 0 Å². The number of benzene rings is 7. The van der Waals surface area contributed by atoms with Crippen LogP contribution in [0.25, 0.3) is 112 Å². The summed E-state index contributed by atoms with van der Waals surface area (Å²) in [4.78, 5) is 21.9. The Morgan fingerprint density at radius 1 is 0.397 bits per heavy atom. The lowest BCUT2D eigenvalue weighted by molar-refractivity contribution is 0.952. The maximum absolute atomic E-state index is 5.68. The van der Waals surface area contributed by atoms with Crippen molar-refractivity contribution in [3.8, 4) is 51.4 Å². The molecule has 0 saturated carbocycles. The van der Waals surface area contributed by atoms with Gasteiger partial charge in [-0.15, -0.1) is 0 Å². The lowest BCUT2D eigenvalue weighted by atomic mass is 10.0. The normalized spacial score (nSPS) is 12.6. The SMILES string of the molecule is C1=Cc2c(c3ccccc3n2-c2cnc(-n3c4ccccc4c4ccccc43)c(-n3c4ccccc4c4ccccc43)c2-c2nc(-c3ccccc3)nc(-c3ccccc3)n2)CC1. The zero-order valence-corrected chi connectivity index (χ0v) is 34.1. The minimum Gasteiger partial charge on any atom is -0.307 e. The Balaban J connectivity index is 1.28. The molecule has 0 atom stereocenters. The molecule has 63 heavy (non-hydrogen) atoms. The first-order chi connectivity index (χ1) is 31.3. The van der Waals surface area contributed by atoms with Crippen LogP contribution in [0.2, 0.25) is 0 Å². The standard InChI is InChI=1S/C56H37N7/c1-3-19-36(20-4-1)53-58-54(37-21-5-2-6-22-37)60-55(59-53)51-50(61-44-29-13-7-23-38(44)39-24-8-14-30-45(39)61)35-57-56(63-48-33-17-11-27-42(48)43-28-12-18-34-49(43)63)52(51)62-46-31-15-9-25-40(46)41-26-10-16-32-47(41)62/h1-7,9-23,25-35H,8,24H2. The molecule has 5 heterocycles. The van der Waals surface area contributed by atoms with Gasteiger partial charge in [-0.1, -0.05) is 158 Å². The van der Waals surface area contributed by atoms with Crippen molar-refractivity contribution >= 4 is 60.6 Å². The van der Waals surface area contributed by atoms with Gasteiger partial charge < -0.3 is 9.13 Å². The molecule has 12 aromatic rings. The highest BCUT2D eigenvalue weighted by Gasteiger charge is 2.30. The van der Waals surface area contributed by atoms with Gasteiger partial charge >= 0.3 is 0 Å². The molecule has 0 N–H and O–H groups in total. The van der Waals surface area contributed by atoms with Crippen LogP contribution in [0.3, 0.4) is 0 Å². The van der Waals surface area contributed by atoms with Gasteiger partial charge in [-0.05, 0) is 54.8 Å². The summed E-state index contributed by atoms with van der Waals surface area (Å²) in [6.07, 6.45) is 8.55. The van der Waals surface area contributed by atoms with Crippen molar-refractivity contribution in [2.45, 2.75) is 12.8 Å². The van der Waals surface area contributed by atoms with Crippen molar-refractivity contribution in [1.82, 2.24) is 33.6 Å². The molecular formula is C56H37N7. The Kier molecular flexibility index (Phi) is 7.90. The summed E-state index contributed by atoms with van der Waals surface area (Å²) in [5, 5.41) is 5.84. The second-order valence-electron chi connectivity index (χ2n) is 16.1. The van der Waals surface area contributed by atoms with E-state index < -0.39 is 0 Å². The first-order valence-electron chi connectivity index (χ1n) is 21.5. The number of nitrogens with zero attached hydrogens (tertiary/aromatic N) is 7. The van der Waals surface area contributed by atoms with Crippen molar-refractivity contribution in [2.75, 3.05) is 0 Å². The number of fused-ring (bicyclic) bond motifs is 9. The smallest absolute Gasteiger partial charge is 0.168 e. The highest BCUT2D eigenvalue weighted by Crippen LogP contribution is 2.45. The first kappa shape index (κ1) is 35.3. The minimum absolute atomic E-state index is 0.547. The number of allylic oxidation sites excluding steroid dienone is 1. The zero-order chi connectivity index (χ0) is 41.4. The second kappa shape index (κ2) is 14.1. The summed E-state index contributed by atoms with van der Waals surface area (Å²) < 4.78 is 7.12. The van der Waals surface area contributed by atoms with Crippen molar-refractivity contribution in [3.63, 3.8) is 0 Å². The van der Waals surface area contributed by atoms with Gasteiger partial charge in [0.1, 0.15) is 5.69 Å². The summed E-state index contributed by atoms with van der Waals surface area (Å²) in [5.74, 6) is 2.49. The molecule has 0 fully saturated rings. The van der Waals surface area contributed by atoms with E-state index in [-0.39, 0.29) is 0 Å². The first-order valence-corrected chi connectivity index (χ1v) is 21.5. The van der Waals surface area contributed by atoms with E-state index in [0.29, 0.717) is 17.5 Å². The summed E-state index contributed by atoms with van der Waals surface area (Å²) >= 11 is 0. The lowest BCUT2D eigenvalue weighted by Gasteiger charge is -2.23. The Morgan fingerprint density at radius 3 is 1.35 bits per heavy atom. The number of hydrogen-bond donors (Lipinski definition) is 0. The molecule has 0 bridgehead atoms. The maximum Gasteiger partial charge on any atom is 0.168 e. The maximum atomic E-state index is 5.68. The molecule has 0 radical (unpaired) electrons. The van der Waals surface area contributed by atoms with E-state index in [2.05, 4.69) is 178 Å². The fourth-order valence-electron chi connectivity index (χ4n) is 9.93. The third-order valence-corrected chi connectivity index (χ3v) is 12.6. The van der Waals surface area contributed by atoms with E-state index in [1.54, 1.807) is 0 Å². The predicted molar refractivity (Wildman–Crippen MR) is 257 cm³/mol. The summed E-state index contributed by atoms with van der Waals surface area (Å²) in [6.45, 7) is 0. The van der Waals surface area contributed by atoms with Crippen molar-refractivity contribution in [3.05, 3.63) is 206 Å². The molecule has 1 aliphatic carbocycles. The molecule has 0 unspecified atom stereocenters. The highest BCUT2D eigenvalue weighted by atomic mass is 15.2. The number of aromatic nitrogens is 7. The second-order valence-corrected chi connectivity index (χ2v) is 16.1. The Morgan fingerprint density at radius 2 is 0.825 bits per heavy atom. The fourth-order valence-corrected chi connectivity index (χ4v) is 9.93. The molecule has 13 rings (SSSR count). The number of hydrogen-bond acceptors (Lipinski definition) is 4. The number of rotatable bonds is 6. The van der Waals surface area contributed by atoms with Crippen LogP contribution in [-0.2, 0) is 6.42 Å². The number of pyridine rings is 1. The molecule has 7 aromatic carbocycles. The molecule has 1 aliphatic rings. The molecule has 0 spiro atoms. The molecule has 5 aromatic heterocycles. The zero-order valence-electron chi connectivity index (χ0n) is 34.1. The molecule has 0 saturated heterocycles. The van der Waals surface area contributed by atoms with E-state index in [0.717, 1.165) is 102 Å². The molecule has 296 valence electrons. The van der Waals surface area contributed by atoms with Crippen LogP contribution in [0, 0.1) is 0 Å². The van der Waals surface area contributed by atoms with E-state index in [9.17, 15) is 0 Å². The van der Waals surface area contributed by atoms with Crippen molar-refractivity contribution in [1.29, 1.82) is 0 Å².